The number of likely N-dealkylation sites (tertiary alicyclic amines) is 1. The van der Waals surface area contributed by atoms with E-state index >= 15 is 0 Å². The van der Waals surface area contributed by atoms with Gasteiger partial charge in [-0.3, -0.25) is 24.6 Å². The molecular weight excluding hydrogens is 475 g/mol. The van der Waals surface area contributed by atoms with Gasteiger partial charge in [-0.05, 0) is 74.3 Å². The lowest BCUT2D eigenvalue weighted by Gasteiger charge is -2.37. The summed E-state index contributed by atoms with van der Waals surface area (Å²) in [6.45, 7) is 0.374. The van der Waals surface area contributed by atoms with Crippen LogP contribution in [0.2, 0.25) is 0 Å². The molecule has 2 aromatic rings. The van der Waals surface area contributed by atoms with Gasteiger partial charge in [-0.1, -0.05) is 31.4 Å². The fourth-order valence-corrected chi connectivity index (χ4v) is 5.94. The van der Waals surface area contributed by atoms with Crippen molar-refractivity contribution in [1.29, 1.82) is 0 Å². The van der Waals surface area contributed by atoms with E-state index < -0.39 is 17.4 Å². The van der Waals surface area contributed by atoms with Crippen molar-refractivity contribution in [3.8, 4) is 0 Å². The Morgan fingerprint density at radius 2 is 1.81 bits per heavy atom. The molecule has 2 atom stereocenters. The second-order valence-electron chi connectivity index (χ2n) is 10.3. The minimum absolute atomic E-state index is 0.0428. The van der Waals surface area contributed by atoms with Crippen LogP contribution < -0.4 is 10.8 Å². The van der Waals surface area contributed by atoms with Crippen molar-refractivity contribution in [3.05, 3.63) is 60.2 Å². The largest absolute Gasteiger partial charge is 0.330 e. The third-order valence-electron chi connectivity index (χ3n) is 7.85. The standard InChI is InChI=1S/C28H35FN4O4/c29-22-10-8-20(9-11-22)5-4-14-28(19-24(34)32-37)15-18-33(27(28)36)25(21-6-2-1-3-7-21)26(35)31-23-12-16-30-17-13-23/h8-13,16-17,21,25,37H,1-7,14-15,18-19H2,(H,32,34)(H,30,31,35)/t25-,28+/m1/s1. The van der Waals surface area contributed by atoms with Crippen LogP contribution in [-0.2, 0) is 20.8 Å². The van der Waals surface area contributed by atoms with E-state index in [0.29, 0.717) is 37.9 Å². The van der Waals surface area contributed by atoms with Crippen molar-refractivity contribution >= 4 is 23.4 Å². The SMILES string of the molecule is O=C(C[C@]1(CCCc2ccc(F)cc2)CCN([C@@H](C(=O)Nc2ccncc2)C2CCCCC2)C1=O)NO. The van der Waals surface area contributed by atoms with Gasteiger partial charge in [0.1, 0.15) is 11.9 Å². The van der Waals surface area contributed by atoms with Crippen LogP contribution in [0.25, 0.3) is 0 Å². The van der Waals surface area contributed by atoms with E-state index in [1.807, 2.05) is 0 Å². The van der Waals surface area contributed by atoms with E-state index in [9.17, 15) is 24.0 Å². The Morgan fingerprint density at radius 3 is 2.49 bits per heavy atom. The monoisotopic (exact) mass is 510 g/mol. The summed E-state index contributed by atoms with van der Waals surface area (Å²) in [7, 11) is 0. The van der Waals surface area contributed by atoms with Crippen LogP contribution in [0.15, 0.2) is 48.8 Å². The van der Waals surface area contributed by atoms with E-state index in [-0.39, 0.29) is 30.0 Å². The minimum atomic E-state index is -1.00. The number of carbonyl (C=O) groups is 3. The van der Waals surface area contributed by atoms with Gasteiger partial charge in [0.2, 0.25) is 17.7 Å². The van der Waals surface area contributed by atoms with Crippen LogP contribution in [0, 0.1) is 17.2 Å². The predicted octanol–water partition coefficient (Wildman–Crippen LogP) is 4.25. The number of pyridine rings is 1. The van der Waals surface area contributed by atoms with Gasteiger partial charge in [0, 0.05) is 31.0 Å². The molecule has 0 unspecified atom stereocenters. The number of nitrogens with zero attached hydrogens (tertiary/aromatic N) is 2. The van der Waals surface area contributed by atoms with Crippen molar-refractivity contribution in [2.75, 3.05) is 11.9 Å². The van der Waals surface area contributed by atoms with Gasteiger partial charge in [0.15, 0.2) is 0 Å². The molecule has 0 radical (unpaired) electrons. The van der Waals surface area contributed by atoms with Gasteiger partial charge in [-0.2, -0.15) is 0 Å². The highest BCUT2D eigenvalue weighted by molar-refractivity contribution is 5.99. The summed E-state index contributed by atoms with van der Waals surface area (Å²) in [6.07, 6.45) is 10.0. The first kappa shape index (κ1) is 26.7. The fourth-order valence-electron chi connectivity index (χ4n) is 5.94. The predicted molar refractivity (Wildman–Crippen MR) is 136 cm³/mol. The summed E-state index contributed by atoms with van der Waals surface area (Å²) in [5, 5.41) is 12.2. The van der Waals surface area contributed by atoms with E-state index in [0.717, 1.165) is 37.7 Å². The zero-order chi connectivity index (χ0) is 26.3. The molecule has 4 rings (SSSR count). The van der Waals surface area contributed by atoms with Gasteiger partial charge in [-0.25, -0.2) is 9.87 Å². The Labute approximate surface area is 216 Å². The Hall–Kier alpha value is -3.33. The van der Waals surface area contributed by atoms with Crippen molar-refractivity contribution in [2.45, 2.75) is 70.3 Å². The summed E-state index contributed by atoms with van der Waals surface area (Å²) in [4.78, 5) is 45.6. The lowest BCUT2D eigenvalue weighted by Crippen LogP contribution is -2.52. The lowest BCUT2D eigenvalue weighted by molar-refractivity contribution is -0.147. The summed E-state index contributed by atoms with van der Waals surface area (Å²) in [6, 6.07) is 9.05. The highest BCUT2D eigenvalue weighted by atomic mass is 19.1. The molecule has 1 aliphatic carbocycles. The van der Waals surface area contributed by atoms with Gasteiger partial charge in [-0.15, -0.1) is 0 Å². The molecule has 8 nitrogen and oxygen atoms in total. The van der Waals surface area contributed by atoms with Crippen LogP contribution in [0.3, 0.4) is 0 Å². The number of aryl methyl sites for hydroxylation is 1. The Balaban J connectivity index is 1.54. The van der Waals surface area contributed by atoms with E-state index in [4.69, 9.17) is 0 Å². The topological polar surface area (TPSA) is 112 Å². The zero-order valence-electron chi connectivity index (χ0n) is 21.0. The lowest BCUT2D eigenvalue weighted by atomic mass is 9.77. The smallest absolute Gasteiger partial charge is 0.247 e. The average Bonchev–Trinajstić information content (AvgIpc) is 3.21. The van der Waals surface area contributed by atoms with Crippen molar-refractivity contribution in [1.82, 2.24) is 15.4 Å². The minimum Gasteiger partial charge on any atom is -0.330 e. The number of nitrogens with one attached hydrogen (secondary N) is 2. The van der Waals surface area contributed by atoms with Gasteiger partial charge in [0.05, 0.1) is 5.41 Å². The van der Waals surface area contributed by atoms with E-state index in [1.165, 1.54) is 12.1 Å². The van der Waals surface area contributed by atoms with Gasteiger partial charge in [0.25, 0.3) is 0 Å². The number of rotatable bonds is 10. The van der Waals surface area contributed by atoms with Crippen LogP contribution >= 0.6 is 0 Å². The molecule has 0 bridgehead atoms. The number of benzene rings is 1. The molecule has 2 heterocycles. The number of anilines is 1. The number of hydrogen-bond donors (Lipinski definition) is 3. The third-order valence-corrected chi connectivity index (χ3v) is 7.85. The number of aromatic nitrogens is 1. The summed E-state index contributed by atoms with van der Waals surface area (Å²) >= 11 is 0. The highest BCUT2D eigenvalue weighted by Gasteiger charge is 2.51. The number of hydrogen-bond acceptors (Lipinski definition) is 5. The van der Waals surface area contributed by atoms with Crippen LogP contribution in [-0.4, -0.2) is 45.4 Å². The number of amides is 3. The van der Waals surface area contributed by atoms with Crippen LogP contribution in [0.1, 0.15) is 63.4 Å². The Morgan fingerprint density at radius 1 is 1.11 bits per heavy atom. The van der Waals surface area contributed by atoms with Crippen molar-refractivity contribution in [2.24, 2.45) is 11.3 Å². The maximum atomic E-state index is 14.0. The van der Waals surface area contributed by atoms with Gasteiger partial charge < -0.3 is 10.2 Å². The first-order chi connectivity index (χ1) is 17.9. The average molecular weight is 511 g/mol. The maximum Gasteiger partial charge on any atom is 0.247 e. The molecule has 1 aliphatic heterocycles. The molecule has 1 saturated carbocycles. The maximum absolute atomic E-state index is 14.0. The molecule has 0 spiro atoms. The van der Waals surface area contributed by atoms with Crippen molar-refractivity contribution in [3.63, 3.8) is 0 Å². The van der Waals surface area contributed by atoms with Crippen LogP contribution in [0.5, 0.6) is 0 Å². The summed E-state index contributed by atoms with van der Waals surface area (Å²) in [5.41, 5.74) is 2.24. The second-order valence-corrected chi connectivity index (χ2v) is 10.3. The van der Waals surface area contributed by atoms with Crippen LogP contribution in [0.4, 0.5) is 10.1 Å². The summed E-state index contributed by atoms with van der Waals surface area (Å²) < 4.78 is 13.3. The Kier molecular flexibility index (Phi) is 8.87. The highest BCUT2D eigenvalue weighted by Crippen LogP contribution is 2.43. The normalized spacial score (nSPS) is 21.0. The molecular formula is C28H35FN4O4. The quantitative estimate of drug-likeness (QED) is 0.327. The molecule has 1 aromatic carbocycles. The second kappa shape index (κ2) is 12.3. The molecule has 198 valence electrons. The Bertz CT molecular complexity index is 1080. The molecule has 3 amide bonds. The molecule has 1 aromatic heterocycles. The first-order valence-corrected chi connectivity index (χ1v) is 13.1. The van der Waals surface area contributed by atoms with E-state index in [2.05, 4.69) is 10.3 Å². The molecule has 2 aliphatic rings. The molecule has 9 heteroatoms. The number of carbonyl (C=O) groups excluding carboxylic acids is 3. The van der Waals surface area contributed by atoms with Gasteiger partial charge >= 0.3 is 0 Å². The number of halogens is 1. The van der Waals surface area contributed by atoms with E-state index in [1.54, 1.807) is 47.0 Å². The first-order valence-electron chi connectivity index (χ1n) is 13.1. The third kappa shape index (κ3) is 6.52. The fraction of sp³-hybridized carbons (Fsp3) is 0.500. The molecule has 2 fully saturated rings. The van der Waals surface area contributed by atoms with Crippen molar-refractivity contribution < 1.29 is 24.0 Å². The zero-order valence-corrected chi connectivity index (χ0v) is 21.0. The molecule has 1 saturated heterocycles. The molecule has 3 N–H and O–H groups in total. The summed E-state index contributed by atoms with van der Waals surface area (Å²) in [5.74, 6) is -1.32. The molecule has 37 heavy (non-hydrogen) atoms. The number of hydroxylamine groups is 1.